The van der Waals surface area contributed by atoms with Gasteiger partial charge in [-0.05, 0) is 19.7 Å². The Labute approximate surface area is 136 Å². The molecule has 1 saturated heterocycles. The second-order valence-corrected chi connectivity index (χ2v) is 5.88. The van der Waals surface area contributed by atoms with E-state index < -0.39 is 0 Å². The third kappa shape index (κ3) is 4.63. The molecule has 1 heterocycles. The molecule has 1 aliphatic heterocycles. The van der Waals surface area contributed by atoms with Gasteiger partial charge in [0.2, 0.25) is 17.7 Å². The van der Waals surface area contributed by atoms with Gasteiger partial charge in [-0.15, -0.1) is 0 Å². The maximum atomic E-state index is 12.0. The normalized spacial score (nSPS) is 16.0. The molecule has 0 aromatic heterocycles. The number of carbonyl (C=O) groups excluding carboxylic acids is 3. The number of rotatable bonds is 7. The highest BCUT2D eigenvalue weighted by atomic mass is 16.2. The zero-order valence-corrected chi connectivity index (χ0v) is 13.6. The van der Waals surface area contributed by atoms with Crippen molar-refractivity contribution < 1.29 is 14.4 Å². The van der Waals surface area contributed by atoms with Gasteiger partial charge in [0.15, 0.2) is 0 Å². The Morgan fingerprint density at radius 2 is 1.78 bits per heavy atom. The number of carbonyl (C=O) groups is 3. The van der Waals surface area contributed by atoms with E-state index in [4.69, 9.17) is 0 Å². The van der Waals surface area contributed by atoms with Gasteiger partial charge in [0.1, 0.15) is 0 Å². The second kappa shape index (κ2) is 7.87. The summed E-state index contributed by atoms with van der Waals surface area (Å²) in [4.78, 5) is 38.2. The molecule has 1 aliphatic rings. The topological polar surface area (TPSA) is 69.7 Å². The van der Waals surface area contributed by atoms with Crippen LogP contribution in [0.5, 0.6) is 0 Å². The minimum absolute atomic E-state index is 0.0789. The lowest BCUT2D eigenvalue weighted by molar-refractivity contribution is -0.138. The molecule has 2 rings (SSSR count). The zero-order chi connectivity index (χ0) is 16.8. The first kappa shape index (κ1) is 17.1. The van der Waals surface area contributed by atoms with Gasteiger partial charge in [0.25, 0.3) is 0 Å². The van der Waals surface area contributed by atoms with Crippen LogP contribution in [0.25, 0.3) is 0 Å². The second-order valence-electron chi connectivity index (χ2n) is 5.88. The lowest BCUT2D eigenvalue weighted by atomic mass is 10.1. The van der Waals surface area contributed by atoms with Crippen LogP contribution in [0, 0.1) is 0 Å². The van der Waals surface area contributed by atoms with Crippen LogP contribution in [0.2, 0.25) is 0 Å². The predicted molar refractivity (Wildman–Crippen MR) is 86.5 cm³/mol. The fraction of sp³-hybridized carbons (Fsp3) is 0.471. The number of hydrogen-bond donors (Lipinski definition) is 1. The number of benzene rings is 1. The molecule has 3 amide bonds. The van der Waals surface area contributed by atoms with E-state index in [2.05, 4.69) is 5.32 Å². The molecule has 0 saturated carbocycles. The summed E-state index contributed by atoms with van der Waals surface area (Å²) in [6.45, 7) is 0.652. The highest BCUT2D eigenvalue weighted by Crippen LogP contribution is 2.17. The smallest absolute Gasteiger partial charge is 0.229 e. The van der Waals surface area contributed by atoms with E-state index in [-0.39, 0.29) is 49.6 Å². The van der Waals surface area contributed by atoms with E-state index in [1.54, 1.807) is 0 Å². The van der Waals surface area contributed by atoms with Crippen molar-refractivity contribution in [2.45, 2.75) is 25.3 Å². The van der Waals surface area contributed by atoms with Crippen molar-refractivity contribution in [1.29, 1.82) is 0 Å². The largest absolute Gasteiger partial charge is 0.354 e. The van der Waals surface area contributed by atoms with Crippen molar-refractivity contribution in [3.8, 4) is 0 Å². The SMILES string of the molecule is CN(C)C(CNC(=O)CCN1C(=O)CCC1=O)c1ccccc1. The van der Waals surface area contributed by atoms with Gasteiger partial charge in [-0.2, -0.15) is 0 Å². The van der Waals surface area contributed by atoms with Crippen LogP contribution in [-0.2, 0) is 14.4 Å². The van der Waals surface area contributed by atoms with E-state index >= 15 is 0 Å². The summed E-state index contributed by atoms with van der Waals surface area (Å²) in [6.07, 6.45) is 0.667. The van der Waals surface area contributed by atoms with Gasteiger partial charge in [-0.1, -0.05) is 30.3 Å². The summed E-state index contributed by atoms with van der Waals surface area (Å²) >= 11 is 0. The van der Waals surface area contributed by atoms with E-state index in [1.807, 2.05) is 49.3 Å². The maximum Gasteiger partial charge on any atom is 0.229 e. The molecule has 23 heavy (non-hydrogen) atoms. The van der Waals surface area contributed by atoms with Gasteiger partial charge in [-0.25, -0.2) is 0 Å². The third-order valence-electron chi connectivity index (χ3n) is 4.02. The minimum atomic E-state index is -0.182. The summed E-state index contributed by atoms with van der Waals surface area (Å²) in [5, 5.41) is 2.89. The van der Waals surface area contributed by atoms with Crippen molar-refractivity contribution >= 4 is 17.7 Å². The molecule has 1 N–H and O–H groups in total. The highest BCUT2D eigenvalue weighted by molar-refractivity contribution is 6.02. The summed E-state index contributed by atoms with van der Waals surface area (Å²) < 4.78 is 0. The molecule has 0 bridgehead atoms. The molecule has 1 atom stereocenters. The minimum Gasteiger partial charge on any atom is -0.354 e. The monoisotopic (exact) mass is 317 g/mol. The van der Waals surface area contributed by atoms with Crippen LogP contribution >= 0.6 is 0 Å². The molecule has 0 spiro atoms. The Morgan fingerprint density at radius 1 is 1.17 bits per heavy atom. The van der Waals surface area contributed by atoms with Gasteiger partial charge in [0.05, 0.1) is 6.04 Å². The molecular weight excluding hydrogens is 294 g/mol. The Bertz CT molecular complexity index is 556. The summed E-state index contributed by atoms with van der Waals surface area (Å²) in [5.74, 6) is -0.517. The van der Waals surface area contributed by atoms with Gasteiger partial charge >= 0.3 is 0 Å². The maximum absolute atomic E-state index is 12.0. The number of nitrogens with one attached hydrogen (secondary N) is 1. The van der Waals surface area contributed by atoms with Crippen molar-refractivity contribution in [2.75, 3.05) is 27.2 Å². The molecule has 1 fully saturated rings. The molecule has 124 valence electrons. The quantitative estimate of drug-likeness (QED) is 0.760. The number of imide groups is 1. The van der Waals surface area contributed by atoms with Gasteiger partial charge in [0, 0.05) is 32.4 Å². The van der Waals surface area contributed by atoms with Crippen molar-refractivity contribution in [2.24, 2.45) is 0 Å². The summed E-state index contributed by atoms with van der Waals surface area (Å²) in [6, 6.07) is 10.0. The number of nitrogens with zero attached hydrogens (tertiary/aromatic N) is 2. The van der Waals surface area contributed by atoms with E-state index in [9.17, 15) is 14.4 Å². The highest BCUT2D eigenvalue weighted by Gasteiger charge is 2.28. The van der Waals surface area contributed by atoms with Gasteiger partial charge < -0.3 is 10.2 Å². The lowest BCUT2D eigenvalue weighted by Gasteiger charge is -2.25. The molecule has 1 unspecified atom stereocenters. The summed E-state index contributed by atoms with van der Waals surface area (Å²) in [5.41, 5.74) is 1.13. The standard InChI is InChI=1S/C17H23N3O3/c1-19(2)14(13-6-4-3-5-7-13)12-18-15(21)10-11-20-16(22)8-9-17(20)23/h3-7,14H,8-12H2,1-2H3,(H,18,21). The van der Waals surface area contributed by atoms with Crippen LogP contribution < -0.4 is 5.32 Å². The third-order valence-corrected chi connectivity index (χ3v) is 4.02. The van der Waals surface area contributed by atoms with E-state index in [0.29, 0.717) is 6.54 Å². The Morgan fingerprint density at radius 3 is 2.35 bits per heavy atom. The number of likely N-dealkylation sites (N-methyl/N-ethyl adjacent to an activating group) is 1. The molecular formula is C17H23N3O3. The zero-order valence-electron chi connectivity index (χ0n) is 13.6. The van der Waals surface area contributed by atoms with E-state index in [0.717, 1.165) is 5.56 Å². The van der Waals surface area contributed by atoms with Crippen LogP contribution in [0.15, 0.2) is 30.3 Å². The molecule has 6 heteroatoms. The van der Waals surface area contributed by atoms with Crippen molar-refractivity contribution in [3.05, 3.63) is 35.9 Å². The first-order valence-electron chi connectivity index (χ1n) is 7.80. The van der Waals surface area contributed by atoms with Crippen LogP contribution in [0.4, 0.5) is 0 Å². The fourth-order valence-electron chi connectivity index (χ4n) is 2.66. The number of hydrogen-bond acceptors (Lipinski definition) is 4. The average molecular weight is 317 g/mol. The molecule has 0 radical (unpaired) electrons. The fourth-order valence-corrected chi connectivity index (χ4v) is 2.66. The summed E-state index contributed by atoms with van der Waals surface area (Å²) in [7, 11) is 3.93. The Balaban J connectivity index is 1.82. The number of amides is 3. The van der Waals surface area contributed by atoms with E-state index in [1.165, 1.54) is 4.90 Å². The first-order chi connectivity index (χ1) is 11.0. The Kier molecular flexibility index (Phi) is 5.87. The van der Waals surface area contributed by atoms with Crippen LogP contribution in [0.1, 0.15) is 30.9 Å². The molecule has 1 aromatic carbocycles. The number of likely N-dealkylation sites (tertiary alicyclic amines) is 1. The first-order valence-corrected chi connectivity index (χ1v) is 7.80. The Hall–Kier alpha value is -2.21. The van der Waals surface area contributed by atoms with Crippen molar-refractivity contribution in [1.82, 2.24) is 15.1 Å². The average Bonchev–Trinajstić information content (AvgIpc) is 2.85. The van der Waals surface area contributed by atoms with Crippen LogP contribution in [-0.4, -0.2) is 54.7 Å². The van der Waals surface area contributed by atoms with Crippen molar-refractivity contribution in [3.63, 3.8) is 0 Å². The molecule has 1 aromatic rings. The molecule has 6 nitrogen and oxygen atoms in total. The predicted octanol–water partition coefficient (Wildman–Crippen LogP) is 0.945. The van der Waals surface area contributed by atoms with Crippen LogP contribution in [0.3, 0.4) is 0 Å². The molecule has 0 aliphatic carbocycles. The van der Waals surface area contributed by atoms with Gasteiger partial charge in [-0.3, -0.25) is 19.3 Å². The lowest BCUT2D eigenvalue weighted by Crippen LogP contribution is -2.37.